The van der Waals surface area contributed by atoms with Gasteiger partial charge in [0.25, 0.3) is 5.91 Å². The molecule has 3 rings (SSSR count). The van der Waals surface area contributed by atoms with E-state index in [4.69, 9.17) is 4.74 Å². The number of anilines is 2. The number of ether oxygens (including phenoxy) is 1. The quantitative estimate of drug-likeness (QED) is 0.826. The first-order valence-corrected chi connectivity index (χ1v) is 8.83. The molecular formula is C21H22N2O4. The largest absolute Gasteiger partial charge is 0.455 e. The van der Waals surface area contributed by atoms with Gasteiger partial charge in [0.15, 0.2) is 6.61 Å². The normalized spacial score (nSPS) is 16.3. The molecule has 1 heterocycles. The molecule has 1 aliphatic heterocycles. The zero-order chi connectivity index (χ0) is 19.4. The van der Waals surface area contributed by atoms with Gasteiger partial charge >= 0.3 is 5.97 Å². The Morgan fingerprint density at radius 2 is 1.93 bits per heavy atom. The highest BCUT2D eigenvalue weighted by Crippen LogP contribution is 2.28. The lowest BCUT2D eigenvalue weighted by Crippen LogP contribution is -2.28. The lowest BCUT2D eigenvalue weighted by Gasteiger charge is -2.18. The van der Waals surface area contributed by atoms with Gasteiger partial charge in [0, 0.05) is 24.3 Å². The standard InChI is InChI=1S/C21H22N2O4/c1-14-6-5-8-17(10-14)22-19(24)13-27-21(26)16-11-20(25)23(12-16)18-9-4-3-7-15(18)2/h3-10,16H,11-13H2,1-2H3,(H,22,24)/t16-/m1/s1. The fourth-order valence-corrected chi connectivity index (χ4v) is 3.14. The van der Waals surface area contributed by atoms with Crippen molar-refractivity contribution in [1.82, 2.24) is 0 Å². The van der Waals surface area contributed by atoms with E-state index in [2.05, 4.69) is 5.32 Å². The molecule has 0 saturated carbocycles. The number of hydrogen-bond acceptors (Lipinski definition) is 4. The van der Waals surface area contributed by atoms with Gasteiger partial charge in [-0.05, 0) is 43.2 Å². The summed E-state index contributed by atoms with van der Waals surface area (Å²) in [6.07, 6.45) is 0.0899. The van der Waals surface area contributed by atoms with E-state index in [1.165, 1.54) is 0 Å². The van der Waals surface area contributed by atoms with E-state index >= 15 is 0 Å². The van der Waals surface area contributed by atoms with Gasteiger partial charge in [-0.25, -0.2) is 0 Å². The lowest BCUT2D eigenvalue weighted by molar-refractivity contribution is -0.151. The number of rotatable bonds is 5. The average molecular weight is 366 g/mol. The Hall–Kier alpha value is -3.15. The minimum absolute atomic E-state index is 0.0899. The van der Waals surface area contributed by atoms with Crippen LogP contribution in [0.2, 0.25) is 0 Å². The number of para-hydroxylation sites is 1. The van der Waals surface area contributed by atoms with Gasteiger partial charge in [0.05, 0.1) is 5.92 Å². The Morgan fingerprint density at radius 3 is 2.67 bits per heavy atom. The lowest BCUT2D eigenvalue weighted by atomic mass is 10.1. The highest BCUT2D eigenvalue weighted by molar-refractivity contribution is 6.00. The Morgan fingerprint density at radius 1 is 1.15 bits per heavy atom. The summed E-state index contributed by atoms with van der Waals surface area (Å²) >= 11 is 0. The summed E-state index contributed by atoms with van der Waals surface area (Å²) in [5.74, 6) is -1.62. The molecule has 1 N–H and O–H groups in total. The first-order chi connectivity index (χ1) is 12.9. The second-order valence-electron chi connectivity index (χ2n) is 6.72. The summed E-state index contributed by atoms with van der Waals surface area (Å²) in [5, 5.41) is 2.69. The minimum atomic E-state index is -0.566. The van der Waals surface area contributed by atoms with E-state index < -0.39 is 17.8 Å². The van der Waals surface area contributed by atoms with Gasteiger partial charge in [-0.15, -0.1) is 0 Å². The van der Waals surface area contributed by atoms with Crippen LogP contribution in [0.1, 0.15) is 17.5 Å². The molecule has 0 aromatic heterocycles. The van der Waals surface area contributed by atoms with Gasteiger partial charge in [-0.1, -0.05) is 30.3 Å². The summed E-state index contributed by atoms with van der Waals surface area (Å²) in [4.78, 5) is 38.2. The fourth-order valence-electron chi connectivity index (χ4n) is 3.14. The van der Waals surface area contributed by atoms with Crippen LogP contribution in [-0.4, -0.2) is 30.9 Å². The molecule has 6 nitrogen and oxygen atoms in total. The molecule has 0 radical (unpaired) electrons. The second-order valence-corrected chi connectivity index (χ2v) is 6.72. The number of aryl methyl sites for hydroxylation is 2. The monoisotopic (exact) mass is 366 g/mol. The van der Waals surface area contributed by atoms with Gasteiger partial charge in [-0.3, -0.25) is 14.4 Å². The predicted molar refractivity (Wildman–Crippen MR) is 102 cm³/mol. The molecule has 0 spiro atoms. The van der Waals surface area contributed by atoms with E-state index in [9.17, 15) is 14.4 Å². The highest BCUT2D eigenvalue weighted by Gasteiger charge is 2.36. The molecule has 1 fully saturated rings. The topological polar surface area (TPSA) is 75.7 Å². The Balaban J connectivity index is 1.53. The van der Waals surface area contributed by atoms with Crippen molar-refractivity contribution < 1.29 is 19.1 Å². The number of nitrogens with zero attached hydrogens (tertiary/aromatic N) is 1. The van der Waals surface area contributed by atoms with Crippen LogP contribution >= 0.6 is 0 Å². The van der Waals surface area contributed by atoms with Gasteiger partial charge < -0.3 is 15.0 Å². The third-order valence-electron chi connectivity index (χ3n) is 4.51. The molecule has 0 unspecified atom stereocenters. The summed E-state index contributed by atoms with van der Waals surface area (Å²) in [6.45, 7) is 3.74. The molecule has 27 heavy (non-hydrogen) atoms. The first kappa shape index (κ1) is 18.6. The fraction of sp³-hybridized carbons (Fsp3) is 0.286. The smallest absolute Gasteiger partial charge is 0.311 e. The average Bonchev–Trinajstić information content (AvgIpc) is 3.02. The van der Waals surface area contributed by atoms with E-state index in [1.807, 2.05) is 56.3 Å². The van der Waals surface area contributed by atoms with Crippen LogP contribution < -0.4 is 10.2 Å². The number of esters is 1. The zero-order valence-electron chi connectivity index (χ0n) is 15.4. The van der Waals surface area contributed by atoms with E-state index in [-0.39, 0.29) is 25.5 Å². The summed E-state index contributed by atoms with van der Waals surface area (Å²) in [5.41, 5.74) is 3.44. The number of hydrogen-bond donors (Lipinski definition) is 1. The maximum Gasteiger partial charge on any atom is 0.311 e. The minimum Gasteiger partial charge on any atom is -0.455 e. The molecule has 140 valence electrons. The Kier molecular flexibility index (Phi) is 5.54. The molecule has 6 heteroatoms. The third-order valence-corrected chi connectivity index (χ3v) is 4.51. The predicted octanol–water partition coefficient (Wildman–Crippen LogP) is 2.84. The molecule has 2 aromatic rings. The molecular weight excluding hydrogens is 344 g/mol. The van der Waals surface area contributed by atoms with Crippen LogP contribution in [0.4, 0.5) is 11.4 Å². The molecule has 1 aliphatic rings. The number of benzene rings is 2. The van der Waals surface area contributed by atoms with Gasteiger partial charge in [0.2, 0.25) is 5.91 Å². The second kappa shape index (κ2) is 8.03. The van der Waals surface area contributed by atoms with Gasteiger partial charge in [-0.2, -0.15) is 0 Å². The maximum absolute atomic E-state index is 12.3. The van der Waals surface area contributed by atoms with Crippen molar-refractivity contribution in [2.24, 2.45) is 5.92 Å². The number of amides is 2. The van der Waals surface area contributed by atoms with E-state index in [0.717, 1.165) is 16.8 Å². The first-order valence-electron chi connectivity index (χ1n) is 8.83. The van der Waals surface area contributed by atoms with Crippen molar-refractivity contribution >= 4 is 29.2 Å². The summed E-state index contributed by atoms with van der Waals surface area (Å²) in [7, 11) is 0. The van der Waals surface area contributed by atoms with Crippen LogP contribution in [0.5, 0.6) is 0 Å². The third kappa shape index (κ3) is 4.53. The van der Waals surface area contributed by atoms with Crippen molar-refractivity contribution in [1.29, 1.82) is 0 Å². The molecule has 0 bridgehead atoms. The van der Waals surface area contributed by atoms with Crippen LogP contribution in [0.15, 0.2) is 48.5 Å². The van der Waals surface area contributed by atoms with E-state index in [0.29, 0.717) is 5.69 Å². The zero-order valence-corrected chi connectivity index (χ0v) is 15.4. The van der Waals surface area contributed by atoms with Crippen molar-refractivity contribution in [2.75, 3.05) is 23.4 Å². The van der Waals surface area contributed by atoms with Gasteiger partial charge in [0.1, 0.15) is 0 Å². The SMILES string of the molecule is Cc1cccc(NC(=O)COC(=O)[C@@H]2CC(=O)N(c3ccccc3C)C2)c1. The molecule has 2 amide bonds. The van der Waals surface area contributed by atoms with Crippen molar-refractivity contribution in [3.63, 3.8) is 0 Å². The van der Waals surface area contributed by atoms with Crippen LogP contribution in [0, 0.1) is 19.8 Å². The molecule has 1 saturated heterocycles. The number of carbonyl (C=O) groups excluding carboxylic acids is 3. The summed E-state index contributed by atoms with van der Waals surface area (Å²) in [6, 6.07) is 14.9. The Bertz CT molecular complexity index is 878. The van der Waals surface area contributed by atoms with Crippen molar-refractivity contribution in [3.8, 4) is 0 Å². The van der Waals surface area contributed by atoms with E-state index in [1.54, 1.807) is 11.0 Å². The Labute approximate surface area is 158 Å². The molecule has 2 aromatic carbocycles. The number of carbonyl (C=O) groups is 3. The van der Waals surface area contributed by atoms with Crippen LogP contribution in [0.25, 0.3) is 0 Å². The van der Waals surface area contributed by atoms with Crippen molar-refractivity contribution in [2.45, 2.75) is 20.3 Å². The van der Waals surface area contributed by atoms with Crippen LogP contribution in [0.3, 0.4) is 0 Å². The van der Waals surface area contributed by atoms with Crippen molar-refractivity contribution in [3.05, 3.63) is 59.7 Å². The maximum atomic E-state index is 12.3. The summed E-state index contributed by atoms with van der Waals surface area (Å²) < 4.78 is 5.12. The number of nitrogens with one attached hydrogen (secondary N) is 1. The molecule has 1 atom stereocenters. The highest BCUT2D eigenvalue weighted by atomic mass is 16.5. The molecule has 0 aliphatic carbocycles. The van der Waals surface area contributed by atoms with Crippen LogP contribution in [-0.2, 0) is 19.1 Å².